The van der Waals surface area contributed by atoms with Crippen LogP contribution in [-0.2, 0) is 4.79 Å². The van der Waals surface area contributed by atoms with Crippen LogP contribution in [-0.4, -0.2) is 5.91 Å². The Morgan fingerprint density at radius 1 is 1.64 bits per heavy atom. The Morgan fingerprint density at radius 3 is 2.64 bits per heavy atom. The number of amides is 1. The molecule has 0 saturated heterocycles. The molecule has 1 rings (SSSR count). The fourth-order valence-electron chi connectivity index (χ4n) is 1.57. The number of carbonyl (C=O) groups is 1. The normalized spacial score (nSPS) is 31.9. The molecule has 1 saturated carbocycles. The van der Waals surface area contributed by atoms with E-state index in [1.807, 2.05) is 6.92 Å². The Hall–Kier alpha value is -0.790. The second-order valence-corrected chi connectivity index (χ2v) is 3.51. The van der Waals surface area contributed by atoms with Gasteiger partial charge in [0.15, 0.2) is 0 Å². The Kier molecular flexibility index (Phi) is 2.03. The standard InChI is InChI=1S/C9H15NO/c1-7-5-3-4-6-9(7,2)8(10)11/h1,3-6H2,2H3,(H2,10,11). The minimum Gasteiger partial charge on any atom is -0.369 e. The van der Waals surface area contributed by atoms with Gasteiger partial charge in [0.2, 0.25) is 5.91 Å². The van der Waals surface area contributed by atoms with Gasteiger partial charge in [0, 0.05) is 0 Å². The SMILES string of the molecule is C=C1CCCCC1(C)C(N)=O. The zero-order chi connectivity index (χ0) is 8.48. The van der Waals surface area contributed by atoms with E-state index < -0.39 is 5.41 Å². The van der Waals surface area contributed by atoms with Gasteiger partial charge in [0.05, 0.1) is 5.41 Å². The van der Waals surface area contributed by atoms with Crippen molar-refractivity contribution in [2.45, 2.75) is 32.6 Å². The van der Waals surface area contributed by atoms with Crippen molar-refractivity contribution >= 4 is 5.91 Å². The van der Waals surface area contributed by atoms with E-state index in [0.29, 0.717) is 0 Å². The first kappa shape index (κ1) is 8.31. The molecule has 1 atom stereocenters. The third-order valence-corrected chi connectivity index (χ3v) is 2.73. The van der Waals surface area contributed by atoms with Gasteiger partial charge < -0.3 is 5.73 Å². The van der Waals surface area contributed by atoms with E-state index in [1.54, 1.807) is 0 Å². The molecular formula is C9H15NO. The van der Waals surface area contributed by atoms with Crippen LogP contribution in [0.2, 0.25) is 0 Å². The Labute approximate surface area is 67.5 Å². The maximum atomic E-state index is 11.0. The fraction of sp³-hybridized carbons (Fsp3) is 0.667. The predicted molar refractivity (Wildman–Crippen MR) is 44.9 cm³/mol. The summed E-state index contributed by atoms with van der Waals surface area (Å²) in [6.45, 7) is 5.79. The molecule has 2 heteroatoms. The summed E-state index contributed by atoms with van der Waals surface area (Å²) >= 11 is 0. The van der Waals surface area contributed by atoms with E-state index in [9.17, 15) is 4.79 Å². The topological polar surface area (TPSA) is 43.1 Å². The van der Waals surface area contributed by atoms with Gasteiger partial charge >= 0.3 is 0 Å². The summed E-state index contributed by atoms with van der Waals surface area (Å²) in [6.07, 6.45) is 4.08. The Balaban J connectivity index is 2.81. The minimum atomic E-state index is -0.418. The molecule has 2 nitrogen and oxygen atoms in total. The summed E-state index contributed by atoms with van der Waals surface area (Å²) in [6, 6.07) is 0. The van der Waals surface area contributed by atoms with Crippen molar-refractivity contribution < 1.29 is 4.79 Å². The lowest BCUT2D eigenvalue weighted by Crippen LogP contribution is -2.37. The van der Waals surface area contributed by atoms with Crippen LogP contribution >= 0.6 is 0 Å². The summed E-state index contributed by atoms with van der Waals surface area (Å²) in [5, 5.41) is 0. The fourth-order valence-corrected chi connectivity index (χ4v) is 1.57. The molecule has 0 heterocycles. The van der Waals surface area contributed by atoms with Crippen LogP contribution in [0.4, 0.5) is 0 Å². The first-order valence-corrected chi connectivity index (χ1v) is 4.05. The van der Waals surface area contributed by atoms with Crippen molar-refractivity contribution in [3.63, 3.8) is 0 Å². The molecule has 1 aliphatic rings. The molecule has 0 aromatic carbocycles. The summed E-state index contributed by atoms with van der Waals surface area (Å²) in [4.78, 5) is 11.0. The van der Waals surface area contributed by atoms with Gasteiger partial charge in [-0.25, -0.2) is 0 Å². The summed E-state index contributed by atoms with van der Waals surface area (Å²) < 4.78 is 0. The molecule has 0 spiro atoms. The van der Waals surface area contributed by atoms with Gasteiger partial charge in [-0.3, -0.25) is 4.79 Å². The average molecular weight is 153 g/mol. The number of hydrogen-bond donors (Lipinski definition) is 1. The molecule has 0 bridgehead atoms. The van der Waals surface area contributed by atoms with Crippen molar-refractivity contribution in [2.75, 3.05) is 0 Å². The van der Waals surface area contributed by atoms with E-state index in [1.165, 1.54) is 0 Å². The molecule has 0 radical (unpaired) electrons. The van der Waals surface area contributed by atoms with Crippen molar-refractivity contribution in [3.8, 4) is 0 Å². The van der Waals surface area contributed by atoms with Crippen molar-refractivity contribution in [3.05, 3.63) is 12.2 Å². The van der Waals surface area contributed by atoms with E-state index in [2.05, 4.69) is 6.58 Å². The van der Waals surface area contributed by atoms with E-state index >= 15 is 0 Å². The predicted octanol–water partition coefficient (Wildman–Crippen LogP) is 1.61. The average Bonchev–Trinajstić information content (AvgIpc) is 1.95. The number of primary amides is 1. The van der Waals surface area contributed by atoms with Crippen LogP contribution in [0.3, 0.4) is 0 Å². The minimum absolute atomic E-state index is 0.220. The van der Waals surface area contributed by atoms with Gasteiger partial charge in [-0.15, -0.1) is 0 Å². The number of carbonyl (C=O) groups excluding carboxylic acids is 1. The van der Waals surface area contributed by atoms with Gasteiger partial charge in [-0.05, 0) is 26.2 Å². The highest BCUT2D eigenvalue weighted by molar-refractivity contribution is 5.83. The molecule has 11 heavy (non-hydrogen) atoms. The Morgan fingerprint density at radius 2 is 2.27 bits per heavy atom. The lowest BCUT2D eigenvalue weighted by Gasteiger charge is -2.32. The maximum Gasteiger partial charge on any atom is 0.227 e. The third-order valence-electron chi connectivity index (χ3n) is 2.73. The van der Waals surface area contributed by atoms with Gasteiger partial charge in [-0.2, -0.15) is 0 Å². The van der Waals surface area contributed by atoms with Crippen molar-refractivity contribution in [2.24, 2.45) is 11.1 Å². The second kappa shape index (κ2) is 2.68. The highest BCUT2D eigenvalue weighted by Gasteiger charge is 2.35. The quantitative estimate of drug-likeness (QED) is 0.571. The van der Waals surface area contributed by atoms with E-state index in [0.717, 1.165) is 31.3 Å². The first-order chi connectivity index (χ1) is 5.07. The largest absolute Gasteiger partial charge is 0.369 e. The zero-order valence-corrected chi connectivity index (χ0v) is 7.02. The highest BCUT2D eigenvalue weighted by Crippen LogP contribution is 2.38. The molecule has 0 aromatic heterocycles. The van der Waals surface area contributed by atoms with Gasteiger partial charge in [0.25, 0.3) is 0 Å². The Bertz CT molecular complexity index is 198. The lowest BCUT2D eigenvalue weighted by molar-refractivity contribution is -0.125. The molecule has 62 valence electrons. The van der Waals surface area contributed by atoms with Crippen molar-refractivity contribution in [1.82, 2.24) is 0 Å². The smallest absolute Gasteiger partial charge is 0.227 e. The molecule has 1 unspecified atom stereocenters. The molecule has 0 aliphatic heterocycles. The zero-order valence-electron chi connectivity index (χ0n) is 7.02. The number of nitrogens with two attached hydrogens (primary N) is 1. The van der Waals surface area contributed by atoms with Crippen LogP contribution in [0.25, 0.3) is 0 Å². The molecular weight excluding hydrogens is 138 g/mol. The third kappa shape index (κ3) is 1.30. The highest BCUT2D eigenvalue weighted by atomic mass is 16.1. The maximum absolute atomic E-state index is 11.0. The molecule has 1 amide bonds. The van der Waals surface area contributed by atoms with Crippen LogP contribution in [0.15, 0.2) is 12.2 Å². The molecule has 1 fully saturated rings. The summed E-state index contributed by atoms with van der Waals surface area (Å²) in [7, 11) is 0. The molecule has 0 aromatic rings. The summed E-state index contributed by atoms with van der Waals surface area (Å²) in [5.41, 5.74) is 5.88. The monoisotopic (exact) mass is 153 g/mol. The molecule has 1 aliphatic carbocycles. The van der Waals surface area contributed by atoms with Crippen LogP contribution < -0.4 is 5.73 Å². The van der Waals surface area contributed by atoms with Crippen LogP contribution in [0.5, 0.6) is 0 Å². The van der Waals surface area contributed by atoms with E-state index in [-0.39, 0.29) is 5.91 Å². The molecule has 2 N–H and O–H groups in total. The lowest BCUT2D eigenvalue weighted by atomic mass is 9.72. The van der Waals surface area contributed by atoms with Gasteiger partial charge in [-0.1, -0.05) is 18.6 Å². The van der Waals surface area contributed by atoms with Gasteiger partial charge in [0.1, 0.15) is 0 Å². The second-order valence-electron chi connectivity index (χ2n) is 3.51. The first-order valence-electron chi connectivity index (χ1n) is 4.05. The van der Waals surface area contributed by atoms with E-state index in [4.69, 9.17) is 5.73 Å². The van der Waals surface area contributed by atoms with Crippen molar-refractivity contribution in [1.29, 1.82) is 0 Å². The number of rotatable bonds is 1. The summed E-state index contributed by atoms with van der Waals surface area (Å²) in [5.74, 6) is -0.220. The van der Waals surface area contributed by atoms with Crippen LogP contribution in [0.1, 0.15) is 32.6 Å². The number of hydrogen-bond acceptors (Lipinski definition) is 1. The van der Waals surface area contributed by atoms with Crippen LogP contribution in [0, 0.1) is 5.41 Å².